The van der Waals surface area contributed by atoms with Crippen molar-refractivity contribution in [2.75, 3.05) is 17.9 Å². The van der Waals surface area contributed by atoms with Crippen LogP contribution in [0.4, 0.5) is 5.82 Å². The summed E-state index contributed by atoms with van der Waals surface area (Å²) in [5, 5.41) is 1.84. The Balaban J connectivity index is 0.000000381. The van der Waals surface area contributed by atoms with Crippen LogP contribution in [0.5, 0.6) is 0 Å². The molecule has 0 saturated carbocycles. The molecule has 0 aliphatic heterocycles. The number of aromatic nitrogens is 4. The minimum absolute atomic E-state index is 0.458. The van der Waals surface area contributed by atoms with Gasteiger partial charge in [-0.25, -0.2) is 25.8 Å². The zero-order valence-corrected chi connectivity index (χ0v) is 17.7. The Kier molecular flexibility index (Phi) is 13.0. The predicted molar refractivity (Wildman–Crippen MR) is 104 cm³/mol. The maximum Gasteiger partial charge on any atom is 0.189 e. The van der Waals surface area contributed by atoms with Gasteiger partial charge in [-0.1, -0.05) is 35.1 Å². The van der Waals surface area contributed by atoms with E-state index in [2.05, 4.69) is 68.9 Å². The van der Waals surface area contributed by atoms with E-state index in [1.165, 1.54) is 23.5 Å². The first-order valence-electron chi connectivity index (χ1n) is 5.60. The number of anilines is 1. The summed E-state index contributed by atoms with van der Waals surface area (Å²) in [5.74, 6) is 13.8. The average Bonchev–Trinajstić information content (AvgIpc) is 2.60. The number of halogens is 3. The minimum atomic E-state index is 0.458. The van der Waals surface area contributed by atoms with Crippen molar-refractivity contribution in [2.45, 2.75) is 10.3 Å². The Bertz CT molecular complexity index is 607. The molecule has 0 radical (unpaired) electrons. The summed E-state index contributed by atoms with van der Waals surface area (Å²) >= 11 is 15.0. The molecule has 0 aromatic carbocycles. The van der Waals surface area contributed by atoms with Crippen LogP contribution in [-0.2, 0) is 0 Å². The number of nitrogens with one attached hydrogen (secondary N) is 1. The molecule has 0 fully saturated rings. The second kappa shape index (κ2) is 13.1. The van der Waals surface area contributed by atoms with Gasteiger partial charge >= 0.3 is 0 Å². The lowest BCUT2D eigenvalue weighted by molar-refractivity contribution is 0.957. The molecule has 128 valence electrons. The lowest BCUT2D eigenvalue weighted by Gasteiger charge is -2.01. The Morgan fingerprint density at radius 2 is 1.48 bits per heavy atom. The van der Waals surface area contributed by atoms with Crippen molar-refractivity contribution in [2.24, 2.45) is 17.5 Å². The summed E-state index contributed by atoms with van der Waals surface area (Å²) in [6.45, 7) is 0. The zero-order valence-electron chi connectivity index (χ0n) is 12.1. The Hall–Kier alpha value is -0.210. The second-order valence-electron chi connectivity index (χ2n) is 3.19. The molecule has 0 amide bonds. The maximum atomic E-state index is 5.68. The summed E-state index contributed by atoms with van der Waals surface area (Å²) in [6.07, 6.45) is 7.11. The molecular formula is C10H15Br2ClN8S2. The summed E-state index contributed by atoms with van der Waals surface area (Å²) < 4.78 is 1.49. The quantitative estimate of drug-likeness (QED) is 0.161. The molecule has 7 N–H and O–H groups in total. The van der Waals surface area contributed by atoms with Crippen molar-refractivity contribution >= 4 is 72.8 Å². The molecular weight excluding hydrogens is 492 g/mol. The van der Waals surface area contributed by atoms with Crippen LogP contribution >= 0.6 is 67.0 Å². The summed E-state index contributed by atoms with van der Waals surface area (Å²) in [6, 6.07) is 0. The molecule has 0 unspecified atom stereocenters. The molecule has 8 nitrogen and oxygen atoms in total. The zero-order chi connectivity index (χ0) is 17.8. The SMILES string of the molecule is CSc1ncc(Br)c(Cl)n1.CSc1ncc(Br)c(NN)n1.NN. The van der Waals surface area contributed by atoms with Crippen LogP contribution in [0.1, 0.15) is 0 Å². The number of thioether (sulfide) groups is 2. The fourth-order valence-electron chi connectivity index (χ4n) is 0.980. The molecule has 0 bridgehead atoms. The number of rotatable bonds is 3. The van der Waals surface area contributed by atoms with Gasteiger partial charge in [-0.15, -0.1) is 0 Å². The van der Waals surface area contributed by atoms with E-state index in [0.717, 1.165) is 8.95 Å². The van der Waals surface area contributed by atoms with Crippen LogP contribution in [0.3, 0.4) is 0 Å². The predicted octanol–water partition coefficient (Wildman–Crippen LogP) is 2.68. The van der Waals surface area contributed by atoms with E-state index in [1.807, 2.05) is 12.5 Å². The molecule has 2 heterocycles. The standard InChI is InChI=1S/C5H4BrClN2S.C5H7BrN4S.H4N2/c1-10-5-8-2-3(6)4(7)9-5;1-11-5-8-2-3(6)4(9-5)10-7;1-2/h2H,1H3;2H,7H2,1H3,(H,8,9,10);1-2H2. The van der Waals surface area contributed by atoms with Crippen LogP contribution in [0, 0.1) is 0 Å². The lowest BCUT2D eigenvalue weighted by atomic mass is 10.6. The highest BCUT2D eigenvalue weighted by atomic mass is 79.9. The fraction of sp³-hybridized carbons (Fsp3) is 0.200. The third-order valence-electron chi connectivity index (χ3n) is 1.90. The summed E-state index contributed by atoms with van der Waals surface area (Å²) in [7, 11) is 0. The van der Waals surface area contributed by atoms with E-state index < -0.39 is 0 Å². The highest BCUT2D eigenvalue weighted by molar-refractivity contribution is 9.11. The van der Waals surface area contributed by atoms with Crippen LogP contribution in [0.25, 0.3) is 0 Å². The van der Waals surface area contributed by atoms with Crippen molar-refractivity contribution in [3.8, 4) is 0 Å². The normalized spacial score (nSPS) is 9.22. The molecule has 0 spiro atoms. The largest absolute Gasteiger partial charge is 0.307 e. The third kappa shape index (κ3) is 8.44. The second-order valence-corrected chi connectivity index (χ2v) is 6.81. The van der Waals surface area contributed by atoms with Crippen molar-refractivity contribution in [3.05, 3.63) is 26.5 Å². The van der Waals surface area contributed by atoms with E-state index in [0.29, 0.717) is 21.3 Å². The van der Waals surface area contributed by atoms with Gasteiger partial charge in [-0.3, -0.25) is 11.7 Å². The molecule has 0 aliphatic rings. The van der Waals surface area contributed by atoms with E-state index in [1.54, 1.807) is 12.4 Å². The Morgan fingerprint density at radius 1 is 1.00 bits per heavy atom. The van der Waals surface area contributed by atoms with Gasteiger partial charge in [0.1, 0.15) is 5.15 Å². The van der Waals surface area contributed by atoms with E-state index in [4.69, 9.17) is 17.4 Å². The fourth-order valence-corrected chi connectivity index (χ4v) is 2.34. The topological polar surface area (TPSA) is 142 Å². The number of hydrazine groups is 2. The van der Waals surface area contributed by atoms with Gasteiger partial charge in [0.25, 0.3) is 0 Å². The monoisotopic (exact) mass is 504 g/mol. The molecule has 23 heavy (non-hydrogen) atoms. The number of nitrogen functional groups attached to an aromatic ring is 1. The van der Waals surface area contributed by atoms with Gasteiger partial charge in [0.05, 0.1) is 8.95 Å². The van der Waals surface area contributed by atoms with Gasteiger partial charge in [0.15, 0.2) is 16.1 Å². The molecule has 0 atom stereocenters. The van der Waals surface area contributed by atoms with Gasteiger partial charge in [-0.2, -0.15) is 0 Å². The van der Waals surface area contributed by atoms with Crippen LogP contribution in [-0.4, -0.2) is 32.4 Å². The highest BCUT2D eigenvalue weighted by Crippen LogP contribution is 2.21. The van der Waals surface area contributed by atoms with Gasteiger partial charge in [-0.05, 0) is 44.4 Å². The van der Waals surface area contributed by atoms with Gasteiger partial charge in [0.2, 0.25) is 0 Å². The minimum Gasteiger partial charge on any atom is -0.307 e. The van der Waals surface area contributed by atoms with Crippen molar-refractivity contribution < 1.29 is 0 Å². The number of nitrogens with zero attached hydrogens (tertiary/aromatic N) is 4. The first-order chi connectivity index (χ1) is 11.0. The summed E-state index contributed by atoms with van der Waals surface area (Å²) in [5.41, 5.74) is 2.46. The smallest absolute Gasteiger partial charge is 0.189 e. The highest BCUT2D eigenvalue weighted by Gasteiger charge is 2.01. The van der Waals surface area contributed by atoms with Crippen LogP contribution in [0.2, 0.25) is 5.15 Å². The van der Waals surface area contributed by atoms with Gasteiger partial charge in [0, 0.05) is 12.4 Å². The number of nitrogens with two attached hydrogens (primary N) is 3. The lowest BCUT2D eigenvalue weighted by Crippen LogP contribution is -2.09. The molecule has 13 heteroatoms. The van der Waals surface area contributed by atoms with Crippen molar-refractivity contribution in [1.82, 2.24) is 19.9 Å². The Morgan fingerprint density at radius 3 is 1.91 bits per heavy atom. The van der Waals surface area contributed by atoms with Crippen molar-refractivity contribution in [3.63, 3.8) is 0 Å². The molecule has 2 aromatic heterocycles. The van der Waals surface area contributed by atoms with Gasteiger partial charge < -0.3 is 5.43 Å². The van der Waals surface area contributed by atoms with E-state index in [-0.39, 0.29) is 0 Å². The number of hydrogen-bond donors (Lipinski definition) is 4. The molecule has 0 aliphatic carbocycles. The number of hydrogen-bond acceptors (Lipinski definition) is 10. The summed E-state index contributed by atoms with van der Waals surface area (Å²) in [4.78, 5) is 16.0. The van der Waals surface area contributed by atoms with Crippen LogP contribution < -0.4 is 23.0 Å². The maximum absolute atomic E-state index is 5.68. The molecule has 2 aromatic rings. The van der Waals surface area contributed by atoms with Crippen molar-refractivity contribution in [1.29, 1.82) is 0 Å². The first kappa shape index (κ1) is 22.8. The van der Waals surface area contributed by atoms with E-state index in [9.17, 15) is 0 Å². The Labute approximate surface area is 164 Å². The average molecular weight is 507 g/mol. The van der Waals surface area contributed by atoms with Crippen LogP contribution in [0.15, 0.2) is 31.7 Å². The first-order valence-corrected chi connectivity index (χ1v) is 10.0. The molecule has 2 rings (SSSR count). The van der Waals surface area contributed by atoms with E-state index >= 15 is 0 Å². The third-order valence-corrected chi connectivity index (χ3v) is 4.70. The molecule has 0 saturated heterocycles.